The summed E-state index contributed by atoms with van der Waals surface area (Å²) >= 11 is 0. The van der Waals surface area contributed by atoms with Crippen molar-refractivity contribution < 1.29 is 19.0 Å². The highest BCUT2D eigenvalue weighted by atomic mass is 19.1. The maximum absolute atomic E-state index is 13.1. The van der Waals surface area contributed by atoms with E-state index in [0.717, 1.165) is 5.56 Å². The van der Waals surface area contributed by atoms with Gasteiger partial charge in [0.25, 0.3) is 0 Å². The number of halogens is 1. The monoisotopic (exact) mass is 309 g/mol. The smallest absolute Gasteiger partial charge is 0.410 e. The Kier molecular flexibility index (Phi) is 4.75. The first-order valence-electron chi connectivity index (χ1n) is 7.60. The number of aliphatic hydroxyl groups excluding tert-OH is 1. The average Bonchev–Trinajstić information content (AvgIpc) is 2.40. The summed E-state index contributed by atoms with van der Waals surface area (Å²) in [4.78, 5) is 14.1. The molecule has 0 radical (unpaired) electrons. The van der Waals surface area contributed by atoms with Crippen LogP contribution in [-0.4, -0.2) is 34.3 Å². The fourth-order valence-corrected chi connectivity index (χ4v) is 2.67. The summed E-state index contributed by atoms with van der Waals surface area (Å²) in [5.74, 6) is -0.346. The summed E-state index contributed by atoms with van der Waals surface area (Å²) in [6.45, 7) is 7.78. The second kappa shape index (κ2) is 6.24. The molecule has 1 fully saturated rings. The van der Waals surface area contributed by atoms with Gasteiger partial charge in [-0.2, -0.15) is 0 Å². The molecule has 5 heteroatoms. The molecule has 1 heterocycles. The van der Waals surface area contributed by atoms with E-state index in [1.807, 2.05) is 27.7 Å². The maximum Gasteiger partial charge on any atom is 0.410 e. The fraction of sp³-hybridized carbons (Fsp3) is 0.588. The number of amides is 1. The predicted octanol–water partition coefficient (Wildman–Crippen LogP) is 3.50. The summed E-state index contributed by atoms with van der Waals surface area (Å²) in [6.07, 6.45) is -0.471. The molecule has 1 aliphatic heterocycles. The number of benzene rings is 1. The van der Waals surface area contributed by atoms with Gasteiger partial charge >= 0.3 is 6.09 Å². The van der Waals surface area contributed by atoms with Crippen LogP contribution in [0.3, 0.4) is 0 Å². The van der Waals surface area contributed by atoms with Crippen molar-refractivity contribution in [1.82, 2.24) is 4.90 Å². The van der Waals surface area contributed by atoms with E-state index in [2.05, 4.69) is 0 Å². The quantitative estimate of drug-likeness (QED) is 0.863. The van der Waals surface area contributed by atoms with E-state index in [-0.39, 0.29) is 17.8 Å². The van der Waals surface area contributed by atoms with Gasteiger partial charge in [-0.3, -0.25) is 0 Å². The topological polar surface area (TPSA) is 49.8 Å². The summed E-state index contributed by atoms with van der Waals surface area (Å²) in [5.41, 5.74) is 0.224. The molecule has 0 spiro atoms. The number of likely N-dealkylation sites (tertiary alicyclic amines) is 1. The van der Waals surface area contributed by atoms with Crippen molar-refractivity contribution in [2.45, 2.75) is 51.9 Å². The van der Waals surface area contributed by atoms with Crippen molar-refractivity contribution in [3.05, 3.63) is 35.6 Å². The Balaban J connectivity index is 2.26. The van der Waals surface area contributed by atoms with Crippen LogP contribution in [0.5, 0.6) is 0 Å². The molecule has 3 atom stereocenters. The van der Waals surface area contributed by atoms with Crippen molar-refractivity contribution in [2.24, 2.45) is 5.92 Å². The Labute approximate surface area is 130 Å². The number of hydrogen-bond acceptors (Lipinski definition) is 3. The Morgan fingerprint density at radius 1 is 1.32 bits per heavy atom. The van der Waals surface area contributed by atoms with Crippen LogP contribution in [0.1, 0.15) is 45.7 Å². The molecule has 1 aromatic rings. The predicted molar refractivity (Wildman–Crippen MR) is 81.9 cm³/mol. The Bertz CT molecular complexity index is 524. The minimum atomic E-state index is -0.580. The maximum atomic E-state index is 13.1. The Morgan fingerprint density at radius 2 is 1.91 bits per heavy atom. The molecule has 0 bridgehead atoms. The number of hydrogen-bond donors (Lipinski definition) is 1. The molecule has 1 aliphatic rings. The number of rotatable bonds is 1. The zero-order chi connectivity index (χ0) is 16.5. The zero-order valence-corrected chi connectivity index (χ0v) is 13.5. The molecule has 2 rings (SSSR count). The second-order valence-electron chi connectivity index (χ2n) is 6.98. The third-order valence-corrected chi connectivity index (χ3v) is 3.87. The Morgan fingerprint density at radius 3 is 2.45 bits per heavy atom. The first-order chi connectivity index (χ1) is 10.2. The lowest BCUT2D eigenvalue weighted by Crippen LogP contribution is -2.48. The summed E-state index contributed by atoms with van der Waals surface area (Å²) in [6, 6.07) is 5.74. The molecule has 1 amide bonds. The molecular weight excluding hydrogens is 285 g/mol. The lowest BCUT2D eigenvalue weighted by molar-refractivity contribution is -0.0271. The van der Waals surface area contributed by atoms with Crippen LogP contribution in [0.25, 0.3) is 0 Å². The van der Waals surface area contributed by atoms with Crippen LogP contribution < -0.4 is 0 Å². The minimum Gasteiger partial charge on any atom is -0.444 e. The van der Waals surface area contributed by atoms with Crippen LogP contribution in [0, 0.1) is 11.7 Å². The van der Waals surface area contributed by atoms with Gasteiger partial charge in [-0.1, -0.05) is 19.1 Å². The molecule has 1 aromatic carbocycles. The third-order valence-electron chi connectivity index (χ3n) is 3.87. The van der Waals surface area contributed by atoms with Gasteiger partial charge in [0.1, 0.15) is 11.4 Å². The van der Waals surface area contributed by atoms with Gasteiger partial charge in [0.05, 0.1) is 12.1 Å². The molecular formula is C17H24FNO3. The highest BCUT2D eigenvalue weighted by molar-refractivity contribution is 5.69. The number of carbonyl (C=O) groups is 1. The van der Waals surface area contributed by atoms with Crippen molar-refractivity contribution in [2.75, 3.05) is 6.54 Å². The second-order valence-corrected chi connectivity index (χ2v) is 6.98. The van der Waals surface area contributed by atoms with Crippen molar-refractivity contribution in [1.29, 1.82) is 0 Å². The number of carbonyl (C=O) groups excluding carboxylic acids is 1. The highest BCUT2D eigenvalue weighted by Gasteiger charge is 2.37. The number of ether oxygens (including phenoxy) is 1. The van der Waals surface area contributed by atoms with E-state index in [9.17, 15) is 14.3 Å². The molecule has 0 aromatic heterocycles. The Hall–Kier alpha value is -1.62. The van der Waals surface area contributed by atoms with Crippen molar-refractivity contribution in [3.63, 3.8) is 0 Å². The van der Waals surface area contributed by atoms with Gasteiger partial charge in [0.2, 0.25) is 0 Å². The van der Waals surface area contributed by atoms with Gasteiger partial charge in [0.15, 0.2) is 0 Å². The lowest BCUT2D eigenvalue weighted by atomic mass is 9.88. The molecule has 22 heavy (non-hydrogen) atoms. The van der Waals surface area contributed by atoms with E-state index < -0.39 is 17.8 Å². The molecule has 0 saturated carbocycles. The fourth-order valence-electron chi connectivity index (χ4n) is 2.67. The van der Waals surface area contributed by atoms with Gasteiger partial charge in [-0.15, -0.1) is 0 Å². The van der Waals surface area contributed by atoms with Crippen LogP contribution in [0.15, 0.2) is 24.3 Å². The van der Waals surface area contributed by atoms with Crippen molar-refractivity contribution in [3.8, 4) is 0 Å². The first kappa shape index (κ1) is 16.7. The molecule has 0 unspecified atom stereocenters. The molecule has 1 saturated heterocycles. The van der Waals surface area contributed by atoms with Gasteiger partial charge in [-0.05, 0) is 50.8 Å². The van der Waals surface area contributed by atoms with Gasteiger partial charge < -0.3 is 14.7 Å². The van der Waals surface area contributed by atoms with Crippen molar-refractivity contribution >= 4 is 6.09 Å². The van der Waals surface area contributed by atoms with Gasteiger partial charge in [-0.25, -0.2) is 9.18 Å². The molecule has 122 valence electrons. The number of aliphatic hydroxyl groups is 1. The van der Waals surface area contributed by atoms with E-state index in [1.54, 1.807) is 17.0 Å². The van der Waals surface area contributed by atoms with E-state index in [0.29, 0.717) is 13.0 Å². The SMILES string of the molecule is C[C@@H]1CN(C(=O)OC(C)(C)C)[C@@H](c2ccc(F)cc2)C[C@H]1O. The summed E-state index contributed by atoms with van der Waals surface area (Å²) in [7, 11) is 0. The molecule has 4 nitrogen and oxygen atoms in total. The van der Waals surface area contributed by atoms with Gasteiger partial charge in [0, 0.05) is 6.54 Å². The third kappa shape index (κ3) is 3.97. The van der Waals surface area contributed by atoms with E-state index in [1.165, 1.54) is 12.1 Å². The minimum absolute atomic E-state index is 0.0239. The highest BCUT2D eigenvalue weighted by Crippen LogP contribution is 2.34. The van der Waals surface area contributed by atoms with E-state index in [4.69, 9.17) is 4.74 Å². The lowest BCUT2D eigenvalue weighted by Gasteiger charge is -2.41. The summed E-state index contributed by atoms with van der Waals surface area (Å²) < 4.78 is 18.6. The molecule has 0 aliphatic carbocycles. The van der Waals surface area contributed by atoms with Crippen LogP contribution in [0.2, 0.25) is 0 Å². The standard InChI is InChI=1S/C17H24FNO3/c1-11-10-19(16(21)22-17(2,3)4)14(9-15(11)20)12-5-7-13(18)8-6-12/h5-8,11,14-15,20H,9-10H2,1-4H3/t11-,14-,15-/m1/s1. The number of nitrogens with zero attached hydrogens (tertiary/aromatic N) is 1. The first-order valence-corrected chi connectivity index (χ1v) is 7.60. The van der Waals surface area contributed by atoms with Crippen LogP contribution in [0.4, 0.5) is 9.18 Å². The largest absolute Gasteiger partial charge is 0.444 e. The van der Waals surface area contributed by atoms with E-state index >= 15 is 0 Å². The molecule has 1 N–H and O–H groups in total. The summed E-state index contributed by atoms with van der Waals surface area (Å²) in [5, 5.41) is 10.1. The average molecular weight is 309 g/mol. The number of piperidine rings is 1. The van der Waals surface area contributed by atoms with Crippen LogP contribution >= 0.6 is 0 Å². The zero-order valence-electron chi connectivity index (χ0n) is 13.5. The normalized spacial score (nSPS) is 25.9. The van der Waals surface area contributed by atoms with Crippen LogP contribution in [-0.2, 0) is 4.74 Å².